The molecule has 126 valence electrons. The number of nitrogens with zero attached hydrogens (tertiary/aromatic N) is 2. The van der Waals surface area contributed by atoms with Crippen LogP contribution in [-0.2, 0) is 6.18 Å². The Morgan fingerprint density at radius 3 is 2.54 bits per heavy atom. The first-order valence-corrected chi connectivity index (χ1v) is 6.84. The maximum atomic E-state index is 12.7. The second kappa shape index (κ2) is 6.69. The Bertz CT molecular complexity index is 788. The molecule has 0 unspecified atom stereocenters. The van der Waals surface area contributed by atoms with Crippen molar-refractivity contribution in [3.8, 4) is 5.75 Å². The van der Waals surface area contributed by atoms with Gasteiger partial charge in [0.25, 0.3) is 5.69 Å². The minimum atomic E-state index is -4.46. The summed E-state index contributed by atoms with van der Waals surface area (Å²) in [7, 11) is 0. The number of benzene rings is 2. The van der Waals surface area contributed by atoms with Crippen LogP contribution in [-0.4, -0.2) is 11.1 Å². The SMILES string of the molecule is C[C@@H](N=Cc1cc([N+](=O)[O-])ccc1[O-])c1cccc(C(F)(F)F)c1. The molecule has 0 spiro atoms. The molecule has 0 aromatic heterocycles. The number of halogens is 3. The first kappa shape index (κ1) is 17.5. The Balaban J connectivity index is 2.26. The highest BCUT2D eigenvalue weighted by Crippen LogP contribution is 2.31. The fourth-order valence-corrected chi connectivity index (χ4v) is 2.00. The van der Waals surface area contributed by atoms with E-state index >= 15 is 0 Å². The van der Waals surface area contributed by atoms with E-state index in [0.29, 0.717) is 5.56 Å². The van der Waals surface area contributed by atoms with Gasteiger partial charge in [-0.25, -0.2) is 0 Å². The Morgan fingerprint density at radius 2 is 1.92 bits per heavy atom. The number of nitro benzene ring substituents is 1. The molecule has 0 bridgehead atoms. The van der Waals surface area contributed by atoms with E-state index in [0.717, 1.165) is 36.5 Å². The normalized spacial score (nSPS) is 13.2. The Labute approximate surface area is 135 Å². The van der Waals surface area contributed by atoms with E-state index in [-0.39, 0.29) is 11.3 Å². The standard InChI is InChI=1S/C16H13F3N2O3/c1-10(11-3-2-4-13(7-11)16(17,18)19)20-9-12-8-14(21(23)24)5-6-15(12)22/h2-10,22H,1H3/p-1/t10-/m1/s1. The summed E-state index contributed by atoms with van der Waals surface area (Å²) in [6.45, 7) is 1.56. The van der Waals surface area contributed by atoms with E-state index in [1.54, 1.807) is 6.92 Å². The largest absolute Gasteiger partial charge is 0.872 e. The Kier molecular flexibility index (Phi) is 4.87. The van der Waals surface area contributed by atoms with Crippen LogP contribution in [0.15, 0.2) is 47.5 Å². The molecule has 2 aromatic rings. The molecule has 0 amide bonds. The molecule has 5 nitrogen and oxygen atoms in total. The van der Waals surface area contributed by atoms with Gasteiger partial charge in [-0.05, 0) is 30.2 Å². The molecule has 8 heteroatoms. The molecule has 2 rings (SSSR count). The molecule has 1 atom stereocenters. The highest BCUT2D eigenvalue weighted by atomic mass is 19.4. The zero-order chi connectivity index (χ0) is 17.9. The molecule has 0 saturated heterocycles. The van der Waals surface area contributed by atoms with Gasteiger partial charge >= 0.3 is 6.18 Å². The van der Waals surface area contributed by atoms with Crippen molar-refractivity contribution in [3.63, 3.8) is 0 Å². The van der Waals surface area contributed by atoms with Gasteiger partial charge in [-0.3, -0.25) is 15.1 Å². The molecule has 0 aliphatic heterocycles. The van der Waals surface area contributed by atoms with Crippen molar-refractivity contribution in [1.29, 1.82) is 0 Å². The lowest BCUT2D eigenvalue weighted by atomic mass is 10.1. The summed E-state index contributed by atoms with van der Waals surface area (Å²) in [6.07, 6.45) is -3.32. The predicted molar refractivity (Wildman–Crippen MR) is 80.0 cm³/mol. The quantitative estimate of drug-likeness (QED) is 0.483. The molecule has 0 aliphatic rings. The molecular weight excluding hydrogens is 325 g/mol. The van der Waals surface area contributed by atoms with Crippen molar-refractivity contribution in [2.45, 2.75) is 19.1 Å². The van der Waals surface area contributed by atoms with Gasteiger partial charge in [0.15, 0.2) is 0 Å². The summed E-state index contributed by atoms with van der Waals surface area (Å²) < 4.78 is 38.1. The van der Waals surface area contributed by atoms with Crippen LogP contribution in [0.25, 0.3) is 0 Å². The number of alkyl halides is 3. The number of hydrogen-bond acceptors (Lipinski definition) is 4. The zero-order valence-electron chi connectivity index (χ0n) is 12.4. The number of rotatable bonds is 4. The molecule has 0 fully saturated rings. The van der Waals surface area contributed by atoms with Gasteiger partial charge in [0, 0.05) is 18.3 Å². The van der Waals surface area contributed by atoms with Gasteiger partial charge < -0.3 is 5.11 Å². The summed E-state index contributed by atoms with van der Waals surface area (Å²) in [5.74, 6) is -0.458. The molecule has 0 saturated carbocycles. The van der Waals surface area contributed by atoms with E-state index in [1.165, 1.54) is 12.1 Å². The van der Waals surface area contributed by atoms with Gasteiger partial charge in [-0.1, -0.05) is 23.9 Å². The average molecular weight is 337 g/mol. The van der Waals surface area contributed by atoms with Gasteiger partial charge in [0.2, 0.25) is 0 Å². The lowest BCUT2D eigenvalue weighted by Crippen LogP contribution is -2.06. The van der Waals surface area contributed by atoms with Gasteiger partial charge in [-0.2, -0.15) is 13.2 Å². The van der Waals surface area contributed by atoms with E-state index < -0.39 is 28.5 Å². The third-order valence-corrected chi connectivity index (χ3v) is 3.34. The predicted octanol–water partition coefficient (Wildman–Crippen LogP) is 3.87. The highest BCUT2D eigenvalue weighted by Gasteiger charge is 2.30. The molecule has 0 aliphatic carbocycles. The van der Waals surface area contributed by atoms with Crippen LogP contribution < -0.4 is 5.11 Å². The minimum absolute atomic E-state index is 0.00280. The lowest BCUT2D eigenvalue weighted by Gasteiger charge is -2.12. The van der Waals surface area contributed by atoms with Crippen molar-refractivity contribution < 1.29 is 23.2 Å². The maximum Gasteiger partial charge on any atom is 0.416 e. The third kappa shape index (κ3) is 4.09. The van der Waals surface area contributed by atoms with Gasteiger partial charge in [0.05, 0.1) is 16.5 Å². The van der Waals surface area contributed by atoms with Crippen LogP contribution in [0.4, 0.5) is 18.9 Å². The lowest BCUT2D eigenvalue weighted by molar-refractivity contribution is -0.385. The van der Waals surface area contributed by atoms with Crippen molar-refractivity contribution in [2.24, 2.45) is 4.99 Å². The van der Waals surface area contributed by atoms with Crippen LogP contribution in [0, 0.1) is 10.1 Å². The molecule has 0 N–H and O–H groups in total. The summed E-state index contributed by atoms with van der Waals surface area (Å²) in [6, 6.07) is 7.25. The molecule has 24 heavy (non-hydrogen) atoms. The number of hydrogen-bond donors (Lipinski definition) is 0. The highest BCUT2D eigenvalue weighted by molar-refractivity contribution is 5.84. The van der Waals surface area contributed by atoms with Crippen molar-refractivity contribution in [1.82, 2.24) is 0 Å². The summed E-state index contributed by atoms with van der Waals surface area (Å²) >= 11 is 0. The van der Waals surface area contributed by atoms with Crippen LogP contribution in [0.1, 0.15) is 29.7 Å². The Morgan fingerprint density at radius 1 is 1.21 bits per heavy atom. The molecule has 0 radical (unpaired) electrons. The summed E-state index contributed by atoms with van der Waals surface area (Å²) in [5, 5.41) is 22.4. The van der Waals surface area contributed by atoms with Crippen LogP contribution in [0.3, 0.4) is 0 Å². The van der Waals surface area contributed by atoms with Crippen molar-refractivity contribution in [3.05, 3.63) is 69.3 Å². The van der Waals surface area contributed by atoms with E-state index in [9.17, 15) is 28.4 Å². The van der Waals surface area contributed by atoms with Gasteiger partial charge in [-0.15, -0.1) is 0 Å². The van der Waals surface area contributed by atoms with E-state index in [4.69, 9.17) is 0 Å². The van der Waals surface area contributed by atoms with Crippen LogP contribution >= 0.6 is 0 Å². The first-order valence-electron chi connectivity index (χ1n) is 6.84. The second-order valence-corrected chi connectivity index (χ2v) is 5.06. The molecule has 0 heterocycles. The number of nitro groups is 1. The third-order valence-electron chi connectivity index (χ3n) is 3.34. The molecular formula is C16H12F3N2O3-. The average Bonchev–Trinajstić information content (AvgIpc) is 2.53. The Hall–Kier alpha value is -2.90. The number of aliphatic imine (C=N–C) groups is 1. The zero-order valence-corrected chi connectivity index (χ0v) is 12.4. The van der Waals surface area contributed by atoms with Crippen molar-refractivity contribution in [2.75, 3.05) is 0 Å². The van der Waals surface area contributed by atoms with Crippen LogP contribution in [0.2, 0.25) is 0 Å². The van der Waals surface area contributed by atoms with E-state index in [1.807, 2.05) is 0 Å². The number of non-ortho nitro benzene ring substituents is 1. The molecule has 2 aromatic carbocycles. The topological polar surface area (TPSA) is 78.6 Å². The first-order chi connectivity index (χ1) is 11.2. The van der Waals surface area contributed by atoms with Crippen LogP contribution in [0.5, 0.6) is 5.75 Å². The monoisotopic (exact) mass is 337 g/mol. The smallest absolute Gasteiger partial charge is 0.416 e. The fourth-order valence-electron chi connectivity index (χ4n) is 2.00. The summed E-state index contributed by atoms with van der Waals surface area (Å²) in [4.78, 5) is 14.1. The minimum Gasteiger partial charge on any atom is -0.872 e. The van der Waals surface area contributed by atoms with Crippen molar-refractivity contribution >= 4 is 11.9 Å². The maximum absolute atomic E-state index is 12.7. The second-order valence-electron chi connectivity index (χ2n) is 5.06. The van der Waals surface area contributed by atoms with Gasteiger partial charge in [0.1, 0.15) is 0 Å². The summed E-state index contributed by atoms with van der Waals surface area (Å²) in [5.41, 5.74) is -0.730. The van der Waals surface area contributed by atoms with E-state index in [2.05, 4.69) is 4.99 Å². The fraction of sp³-hybridized carbons (Fsp3) is 0.188.